The number of benzene rings is 2. The first-order valence-corrected chi connectivity index (χ1v) is 8.78. The quantitative estimate of drug-likeness (QED) is 0.574. The first-order valence-electron chi connectivity index (χ1n) is 7.54. The highest BCUT2D eigenvalue weighted by molar-refractivity contribution is 9.10. The van der Waals surface area contributed by atoms with Crippen LogP contribution < -0.4 is 15.2 Å². The average molecular weight is 459 g/mol. The molecule has 0 radical (unpaired) electrons. The zero-order valence-electron chi connectivity index (χ0n) is 13.8. The second-order valence-electron chi connectivity index (χ2n) is 5.33. The maximum absolute atomic E-state index is 12.8. The Hall–Kier alpha value is -2.40. The summed E-state index contributed by atoms with van der Waals surface area (Å²) in [6.07, 6.45) is 0. The Balaban J connectivity index is 2.02. The standard InChI is InChI=1S/C16H13BrF2N4O3S/c1-22-16(24)23(21-20-22)12-3-2-4-13(26-15(18)19)10(12)8-25-14-6-5-9(27)7-11(14)17/h2-7,15,27H,8H2,1H3. The molecule has 2 aromatic carbocycles. The van der Waals surface area contributed by atoms with Gasteiger partial charge in [0, 0.05) is 11.9 Å². The molecule has 0 amide bonds. The Morgan fingerprint density at radius 2 is 2.00 bits per heavy atom. The van der Waals surface area contributed by atoms with Gasteiger partial charge in [-0.3, -0.25) is 0 Å². The molecule has 142 valence electrons. The van der Waals surface area contributed by atoms with Crippen LogP contribution in [0.4, 0.5) is 8.78 Å². The van der Waals surface area contributed by atoms with Gasteiger partial charge < -0.3 is 9.47 Å². The maximum Gasteiger partial charge on any atom is 0.387 e. The molecular weight excluding hydrogens is 446 g/mol. The summed E-state index contributed by atoms with van der Waals surface area (Å²) in [5.74, 6) is 0.346. The van der Waals surface area contributed by atoms with Crippen LogP contribution in [-0.2, 0) is 13.7 Å². The minimum Gasteiger partial charge on any atom is -0.487 e. The largest absolute Gasteiger partial charge is 0.487 e. The molecule has 0 fully saturated rings. The van der Waals surface area contributed by atoms with Crippen molar-refractivity contribution in [3.63, 3.8) is 0 Å². The van der Waals surface area contributed by atoms with Crippen molar-refractivity contribution in [3.05, 3.63) is 56.9 Å². The van der Waals surface area contributed by atoms with Crippen LogP contribution in [-0.4, -0.2) is 26.4 Å². The van der Waals surface area contributed by atoms with Gasteiger partial charge in [0.25, 0.3) is 0 Å². The number of rotatable bonds is 6. The lowest BCUT2D eigenvalue weighted by molar-refractivity contribution is -0.0508. The molecule has 0 aliphatic carbocycles. The van der Waals surface area contributed by atoms with E-state index in [1.165, 1.54) is 19.2 Å². The Bertz CT molecular complexity index is 1030. The van der Waals surface area contributed by atoms with E-state index in [9.17, 15) is 13.6 Å². The highest BCUT2D eigenvalue weighted by Crippen LogP contribution is 2.31. The molecule has 0 saturated heterocycles. The third kappa shape index (κ3) is 4.30. The van der Waals surface area contributed by atoms with Crippen LogP contribution in [0.2, 0.25) is 0 Å². The van der Waals surface area contributed by atoms with Crippen molar-refractivity contribution in [2.24, 2.45) is 7.05 Å². The summed E-state index contributed by atoms with van der Waals surface area (Å²) in [4.78, 5) is 12.9. The van der Waals surface area contributed by atoms with Gasteiger partial charge in [-0.15, -0.1) is 12.6 Å². The molecule has 0 saturated carbocycles. The molecule has 0 N–H and O–H groups in total. The summed E-state index contributed by atoms with van der Waals surface area (Å²) >= 11 is 7.58. The smallest absolute Gasteiger partial charge is 0.387 e. The third-order valence-electron chi connectivity index (χ3n) is 3.56. The zero-order valence-corrected chi connectivity index (χ0v) is 16.3. The molecule has 11 heteroatoms. The van der Waals surface area contributed by atoms with Crippen molar-refractivity contribution in [1.29, 1.82) is 0 Å². The Labute approximate surface area is 166 Å². The minimum atomic E-state index is -3.03. The number of halogens is 3. The molecule has 1 heterocycles. The van der Waals surface area contributed by atoms with Crippen molar-refractivity contribution < 1.29 is 18.3 Å². The van der Waals surface area contributed by atoms with E-state index in [4.69, 9.17) is 4.74 Å². The van der Waals surface area contributed by atoms with Crippen LogP contribution in [0.3, 0.4) is 0 Å². The minimum absolute atomic E-state index is 0.123. The average Bonchev–Trinajstić information content (AvgIpc) is 2.93. The van der Waals surface area contributed by atoms with E-state index in [0.29, 0.717) is 10.2 Å². The summed E-state index contributed by atoms with van der Waals surface area (Å²) in [5.41, 5.74) is -0.0820. The number of nitrogens with zero attached hydrogens (tertiary/aromatic N) is 4. The number of aromatic nitrogens is 4. The molecule has 0 bridgehead atoms. The topological polar surface area (TPSA) is 71.2 Å². The second-order valence-corrected chi connectivity index (χ2v) is 6.70. The van der Waals surface area contributed by atoms with Crippen LogP contribution in [0.25, 0.3) is 5.69 Å². The van der Waals surface area contributed by atoms with Crippen LogP contribution in [0.15, 0.2) is 50.6 Å². The Morgan fingerprint density at radius 3 is 2.63 bits per heavy atom. The van der Waals surface area contributed by atoms with E-state index < -0.39 is 12.3 Å². The fourth-order valence-corrected chi connectivity index (χ4v) is 3.20. The lowest BCUT2D eigenvalue weighted by Gasteiger charge is -2.16. The third-order valence-corrected chi connectivity index (χ3v) is 4.46. The van der Waals surface area contributed by atoms with E-state index in [0.717, 1.165) is 14.3 Å². The van der Waals surface area contributed by atoms with Gasteiger partial charge in [-0.05, 0) is 56.7 Å². The molecule has 1 aromatic heterocycles. The van der Waals surface area contributed by atoms with E-state index in [2.05, 4.69) is 43.7 Å². The SMILES string of the molecule is Cn1nnn(-c2cccc(OC(F)F)c2COc2ccc(S)cc2Br)c1=O. The fraction of sp³-hybridized carbons (Fsp3) is 0.188. The van der Waals surface area contributed by atoms with Gasteiger partial charge in [0.1, 0.15) is 18.1 Å². The van der Waals surface area contributed by atoms with Gasteiger partial charge in [0.15, 0.2) is 0 Å². The summed E-state index contributed by atoms with van der Waals surface area (Å²) < 4.78 is 38.6. The fourth-order valence-electron chi connectivity index (χ4n) is 2.33. The van der Waals surface area contributed by atoms with Crippen LogP contribution in [0, 0.1) is 0 Å². The van der Waals surface area contributed by atoms with Crippen molar-refractivity contribution in [1.82, 2.24) is 19.8 Å². The summed E-state index contributed by atoms with van der Waals surface area (Å²) in [7, 11) is 1.43. The van der Waals surface area contributed by atoms with E-state index >= 15 is 0 Å². The van der Waals surface area contributed by atoms with Gasteiger partial charge in [-0.25, -0.2) is 4.79 Å². The maximum atomic E-state index is 12.8. The summed E-state index contributed by atoms with van der Waals surface area (Å²) in [6, 6.07) is 9.51. The first-order chi connectivity index (χ1) is 12.9. The Morgan fingerprint density at radius 1 is 1.22 bits per heavy atom. The summed E-state index contributed by atoms with van der Waals surface area (Å²) in [5, 5.41) is 7.39. The second kappa shape index (κ2) is 8.09. The van der Waals surface area contributed by atoms with Crippen molar-refractivity contribution >= 4 is 28.6 Å². The molecular formula is C16H13BrF2N4O3S. The highest BCUT2D eigenvalue weighted by Gasteiger charge is 2.19. The summed E-state index contributed by atoms with van der Waals surface area (Å²) in [6.45, 7) is -3.18. The van der Waals surface area contributed by atoms with Gasteiger partial charge in [-0.1, -0.05) is 6.07 Å². The number of aryl methyl sites for hydroxylation is 1. The normalized spacial score (nSPS) is 11.0. The van der Waals surface area contributed by atoms with Gasteiger partial charge in [0.2, 0.25) is 0 Å². The first kappa shape index (κ1) is 19.4. The van der Waals surface area contributed by atoms with E-state index in [-0.39, 0.29) is 23.6 Å². The molecule has 0 spiro atoms. The number of tetrazole rings is 1. The van der Waals surface area contributed by atoms with Crippen molar-refractivity contribution in [2.75, 3.05) is 0 Å². The zero-order chi connectivity index (χ0) is 19.6. The Kier molecular flexibility index (Phi) is 5.80. The number of hydrogen-bond acceptors (Lipinski definition) is 6. The molecule has 0 aliphatic rings. The molecule has 3 rings (SSSR count). The highest BCUT2D eigenvalue weighted by atomic mass is 79.9. The molecule has 0 atom stereocenters. The molecule has 0 unspecified atom stereocenters. The predicted octanol–water partition coefficient (Wildman–Crippen LogP) is 3.20. The molecule has 3 aromatic rings. The van der Waals surface area contributed by atoms with Crippen LogP contribution in [0.1, 0.15) is 5.56 Å². The lowest BCUT2D eigenvalue weighted by Crippen LogP contribution is -2.23. The number of hydrogen-bond donors (Lipinski definition) is 1. The lowest BCUT2D eigenvalue weighted by atomic mass is 10.1. The van der Waals surface area contributed by atoms with Crippen molar-refractivity contribution in [3.8, 4) is 17.2 Å². The van der Waals surface area contributed by atoms with Gasteiger partial charge in [0.05, 0.1) is 15.7 Å². The van der Waals surface area contributed by atoms with Gasteiger partial charge >= 0.3 is 12.3 Å². The number of thiol groups is 1. The molecule has 7 nitrogen and oxygen atoms in total. The molecule has 27 heavy (non-hydrogen) atoms. The van der Waals surface area contributed by atoms with Gasteiger partial charge in [-0.2, -0.15) is 18.1 Å². The number of ether oxygens (including phenoxy) is 2. The van der Waals surface area contributed by atoms with E-state index in [1.54, 1.807) is 24.3 Å². The van der Waals surface area contributed by atoms with E-state index in [1.807, 2.05) is 0 Å². The van der Waals surface area contributed by atoms with Crippen LogP contribution in [0.5, 0.6) is 11.5 Å². The number of alkyl halides is 2. The predicted molar refractivity (Wildman–Crippen MR) is 99.0 cm³/mol. The monoisotopic (exact) mass is 458 g/mol. The van der Waals surface area contributed by atoms with Crippen LogP contribution >= 0.6 is 28.6 Å². The molecule has 0 aliphatic heterocycles. The van der Waals surface area contributed by atoms with Crippen molar-refractivity contribution in [2.45, 2.75) is 18.1 Å².